The molecule has 140 valence electrons. The van der Waals surface area contributed by atoms with Gasteiger partial charge in [-0.2, -0.15) is 0 Å². The van der Waals surface area contributed by atoms with Crippen LogP contribution in [0.1, 0.15) is 61.3 Å². The van der Waals surface area contributed by atoms with Crippen LogP contribution >= 0.6 is 0 Å². The van der Waals surface area contributed by atoms with Crippen molar-refractivity contribution >= 4 is 6.08 Å². The molecule has 1 nitrogen and oxygen atoms in total. The molecule has 2 aromatic carbocycles. The molecule has 1 atom stereocenters. The van der Waals surface area contributed by atoms with Crippen molar-refractivity contribution in [3.63, 3.8) is 0 Å². The van der Waals surface area contributed by atoms with E-state index in [0.29, 0.717) is 0 Å². The van der Waals surface area contributed by atoms with Crippen LogP contribution in [0.4, 0.5) is 0 Å². The average Bonchev–Trinajstić information content (AvgIpc) is 2.66. The van der Waals surface area contributed by atoms with Gasteiger partial charge in [-0.05, 0) is 73.4 Å². The number of rotatable bonds is 11. The van der Waals surface area contributed by atoms with Crippen molar-refractivity contribution in [2.24, 2.45) is 5.92 Å². The van der Waals surface area contributed by atoms with Gasteiger partial charge in [0.25, 0.3) is 0 Å². The molecule has 0 aliphatic carbocycles. The molecule has 0 spiro atoms. The van der Waals surface area contributed by atoms with Crippen LogP contribution in [0.25, 0.3) is 6.08 Å². The van der Waals surface area contributed by atoms with E-state index < -0.39 is 0 Å². The normalized spacial score (nSPS) is 12.0. The Morgan fingerprint density at radius 3 is 2.35 bits per heavy atom. The second-order valence-corrected chi connectivity index (χ2v) is 7.39. The largest absolute Gasteiger partial charge is 0.494 e. The Balaban J connectivity index is 1.82. The first-order valence-corrected chi connectivity index (χ1v) is 10.0. The summed E-state index contributed by atoms with van der Waals surface area (Å²) in [4.78, 5) is 0. The average molecular weight is 351 g/mol. The van der Waals surface area contributed by atoms with Crippen LogP contribution in [0.5, 0.6) is 5.75 Å². The van der Waals surface area contributed by atoms with Crippen molar-refractivity contribution in [2.45, 2.75) is 59.3 Å². The second-order valence-electron chi connectivity index (χ2n) is 7.39. The molecule has 0 bridgehead atoms. The topological polar surface area (TPSA) is 9.23 Å². The molecule has 0 N–H and O–H groups in total. The molecule has 0 aliphatic heterocycles. The molecule has 0 aromatic heterocycles. The van der Waals surface area contributed by atoms with E-state index in [0.717, 1.165) is 30.3 Å². The third kappa shape index (κ3) is 6.71. The summed E-state index contributed by atoms with van der Waals surface area (Å²) in [5.41, 5.74) is 5.40. The number of unbranched alkanes of at least 4 members (excludes halogenated alkanes) is 1. The van der Waals surface area contributed by atoms with Crippen molar-refractivity contribution < 1.29 is 4.74 Å². The van der Waals surface area contributed by atoms with Crippen LogP contribution in [0.2, 0.25) is 0 Å². The first kappa shape index (κ1) is 20.3. The fourth-order valence-corrected chi connectivity index (χ4v) is 3.37. The van der Waals surface area contributed by atoms with E-state index in [1.54, 1.807) is 0 Å². The van der Waals surface area contributed by atoms with Crippen molar-refractivity contribution in [3.8, 4) is 5.75 Å². The summed E-state index contributed by atoms with van der Waals surface area (Å²) in [6, 6.07) is 15.1. The highest BCUT2D eigenvalue weighted by Gasteiger charge is 2.10. The number of aryl methyl sites for hydroxylation is 2. The summed E-state index contributed by atoms with van der Waals surface area (Å²) in [7, 11) is 0. The van der Waals surface area contributed by atoms with Crippen molar-refractivity contribution in [3.05, 3.63) is 71.3 Å². The van der Waals surface area contributed by atoms with Gasteiger partial charge in [0.05, 0.1) is 6.61 Å². The maximum absolute atomic E-state index is 5.91. The predicted molar refractivity (Wildman–Crippen MR) is 114 cm³/mol. The Morgan fingerprint density at radius 2 is 1.69 bits per heavy atom. The lowest BCUT2D eigenvalue weighted by Gasteiger charge is -2.18. The smallest absolute Gasteiger partial charge is 0.119 e. The van der Waals surface area contributed by atoms with Gasteiger partial charge in [0.15, 0.2) is 0 Å². The fourth-order valence-electron chi connectivity index (χ4n) is 3.37. The van der Waals surface area contributed by atoms with Gasteiger partial charge in [0.1, 0.15) is 5.75 Å². The minimum atomic E-state index is 0.754. The number of hydrogen-bond acceptors (Lipinski definition) is 1. The van der Waals surface area contributed by atoms with Crippen LogP contribution in [0.3, 0.4) is 0 Å². The highest BCUT2D eigenvalue weighted by molar-refractivity contribution is 5.48. The zero-order chi connectivity index (χ0) is 18.8. The standard InChI is InChI=1S/C25H34O/c1-5-7-9-23(19-24-12-11-20(3)21(4)18-24)10-8-17-26-25-15-13-22(6-2)14-16-25/h6,11-16,18,23H,2,5,7-10,17,19H2,1,3-4H3. The number of benzene rings is 2. The first-order valence-electron chi connectivity index (χ1n) is 10.0. The molecule has 1 unspecified atom stereocenters. The van der Waals surface area contributed by atoms with Gasteiger partial charge >= 0.3 is 0 Å². The molecule has 0 saturated carbocycles. The zero-order valence-corrected chi connectivity index (χ0v) is 16.8. The van der Waals surface area contributed by atoms with Crippen LogP contribution in [0.15, 0.2) is 49.0 Å². The van der Waals surface area contributed by atoms with E-state index in [1.807, 2.05) is 30.3 Å². The zero-order valence-electron chi connectivity index (χ0n) is 16.8. The van der Waals surface area contributed by atoms with Crippen LogP contribution in [-0.4, -0.2) is 6.61 Å². The molecule has 1 heteroatoms. The molecule has 26 heavy (non-hydrogen) atoms. The highest BCUT2D eigenvalue weighted by Crippen LogP contribution is 2.22. The molecule has 0 fully saturated rings. The van der Waals surface area contributed by atoms with E-state index >= 15 is 0 Å². The van der Waals surface area contributed by atoms with E-state index in [-0.39, 0.29) is 0 Å². The van der Waals surface area contributed by atoms with E-state index in [4.69, 9.17) is 4.74 Å². The second kappa shape index (κ2) is 10.9. The van der Waals surface area contributed by atoms with Gasteiger partial charge in [0.2, 0.25) is 0 Å². The monoisotopic (exact) mass is 350 g/mol. The third-order valence-corrected chi connectivity index (χ3v) is 5.20. The Hall–Kier alpha value is -2.02. The Kier molecular flexibility index (Phi) is 8.47. The summed E-state index contributed by atoms with van der Waals surface area (Å²) in [6.07, 6.45) is 9.30. The van der Waals surface area contributed by atoms with E-state index in [1.165, 1.54) is 48.8 Å². The molecule has 0 saturated heterocycles. The lowest BCUT2D eigenvalue weighted by molar-refractivity contribution is 0.286. The van der Waals surface area contributed by atoms with Gasteiger partial charge in [0, 0.05) is 0 Å². The van der Waals surface area contributed by atoms with Gasteiger partial charge in [-0.1, -0.05) is 69.2 Å². The molecule has 0 radical (unpaired) electrons. The van der Waals surface area contributed by atoms with Gasteiger partial charge in [-0.3, -0.25) is 0 Å². The fraction of sp³-hybridized carbons (Fsp3) is 0.440. The summed E-state index contributed by atoms with van der Waals surface area (Å²) in [6.45, 7) is 11.3. The Morgan fingerprint density at radius 1 is 0.962 bits per heavy atom. The van der Waals surface area contributed by atoms with Crippen LogP contribution in [0, 0.1) is 19.8 Å². The lowest BCUT2D eigenvalue weighted by atomic mass is 9.89. The predicted octanol–water partition coefficient (Wildman–Crippen LogP) is 7.15. The van der Waals surface area contributed by atoms with Crippen molar-refractivity contribution in [2.75, 3.05) is 6.61 Å². The Labute approximate surface area is 160 Å². The van der Waals surface area contributed by atoms with E-state index in [2.05, 4.69) is 45.5 Å². The van der Waals surface area contributed by atoms with Crippen molar-refractivity contribution in [1.82, 2.24) is 0 Å². The number of hydrogen-bond donors (Lipinski definition) is 0. The third-order valence-electron chi connectivity index (χ3n) is 5.20. The summed E-state index contributed by atoms with van der Waals surface area (Å²) in [5, 5.41) is 0. The maximum atomic E-state index is 5.91. The molecule has 0 aliphatic rings. The van der Waals surface area contributed by atoms with Crippen LogP contribution < -0.4 is 4.74 Å². The van der Waals surface area contributed by atoms with E-state index in [9.17, 15) is 0 Å². The molecular formula is C25H34O. The maximum Gasteiger partial charge on any atom is 0.119 e. The van der Waals surface area contributed by atoms with Crippen molar-refractivity contribution in [1.29, 1.82) is 0 Å². The van der Waals surface area contributed by atoms with Gasteiger partial charge in [-0.25, -0.2) is 0 Å². The lowest BCUT2D eigenvalue weighted by Crippen LogP contribution is -2.08. The minimum Gasteiger partial charge on any atom is -0.494 e. The first-order chi connectivity index (χ1) is 12.6. The SMILES string of the molecule is C=Cc1ccc(OCCCC(CCCC)Cc2ccc(C)c(C)c2)cc1. The van der Waals surface area contributed by atoms with Crippen LogP contribution in [-0.2, 0) is 6.42 Å². The summed E-state index contributed by atoms with van der Waals surface area (Å²) >= 11 is 0. The molecule has 2 rings (SSSR count). The Bertz CT molecular complexity index is 669. The molecule has 0 heterocycles. The summed E-state index contributed by atoms with van der Waals surface area (Å²) < 4.78 is 5.91. The highest BCUT2D eigenvalue weighted by atomic mass is 16.5. The van der Waals surface area contributed by atoms with Gasteiger partial charge < -0.3 is 4.74 Å². The minimum absolute atomic E-state index is 0.754. The molecule has 0 amide bonds. The molecule has 2 aromatic rings. The number of ether oxygens (including phenoxy) is 1. The van der Waals surface area contributed by atoms with Gasteiger partial charge in [-0.15, -0.1) is 0 Å². The quantitative estimate of drug-likeness (QED) is 0.391. The summed E-state index contributed by atoms with van der Waals surface area (Å²) in [5.74, 6) is 1.71. The molecular weight excluding hydrogens is 316 g/mol.